The number of benzene rings is 1. The average molecular weight is 259 g/mol. The average Bonchev–Trinajstić information content (AvgIpc) is 2.88. The molecule has 4 heteroatoms. The SMILES string of the molecule is CCOC(=O)c1[nH]ccc1-c1ccc(OC)c(C)c1. The molecule has 1 heterocycles. The van der Waals surface area contributed by atoms with Gasteiger partial charge in [0.15, 0.2) is 0 Å². The molecule has 0 unspecified atom stereocenters. The van der Waals surface area contributed by atoms with Gasteiger partial charge in [0.25, 0.3) is 0 Å². The van der Waals surface area contributed by atoms with Crippen molar-refractivity contribution in [2.45, 2.75) is 13.8 Å². The van der Waals surface area contributed by atoms with Gasteiger partial charge in [0.1, 0.15) is 11.4 Å². The van der Waals surface area contributed by atoms with Crippen molar-refractivity contribution in [3.05, 3.63) is 41.7 Å². The summed E-state index contributed by atoms with van der Waals surface area (Å²) in [6, 6.07) is 7.68. The Bertz CT molecular complexity index is 587. The molecular formula is C15H17NO3. The molecule has 100 valence electrons. The number of aromatic amines is 1. The second-order valence-electron chi connectivity index (χ2n) is 4.17. The maximum absolute atomic E-state index is 11.8. The molecule has 0 saturated carbocycles. The first-order valence-corrected chi connectivity index (χ1v) is 6.17. The van der Waals surface area contributed by atoms with E-state index in [9.17, 15) is 4.79 Å². The minimum absolute atomic E-state index is 0.337. The van der Waals surface area contributed by atoms with Gasteiger partial charge in [-0.3, -0.25) is 0 Å². The third-order valence-corrected chi connectivity index (χ3v) is 2.93. The van der Waals surface area contributed by atoms with Crippen LogP contribution in [0.4, 0.5) is 0 Å². The highest BCUT2D eigenvalue weighted by Gasteiger charge is 2.15. The van der Waals surface area contributed by atoms with Crippen molar-refractivity contribution in [1.29, 1.82) is 0 Å². The molecule has 0 aliphatic rings. The first-order chi connectivity index (χ1) is 9.17. The lowest BCUT2D eigenvalue weighted by Crippen LogP contribution is -2.06. The number of hydrogen-bond donors (Lipinski definition) is 1. The number of rotatable bonds is 4. The lowest BCUT2D eigenvalue weighted by atomic mass is 10.0. The third-order valence-electron chi connectivity index (χ3n) is 2.93. The van der Waals surface area contributed by atoms with Crippen LogP contribution in [0.3, 0.4) is 0 Å². The van der Waals surface area contributed by atoms with Crippen LogP contribution < -0.4 is 4.74 Å². The standard InChI is InChI=1S/C15H17NO3/c1-4-19-15(17)14-12(7-8-16-14)11-5-6-13(18-3)10(2)9-11/h5-9,16H,4H2,1-3H3. The second kappa shape index (κ2) is 5.61. The molecule has 0 saturated heterocycles. The van der Waals surface area contributed by atoms with Crippen LogP contribution in [0.1, 0.15) is 23.0 Å². The highest BCUT2D eigenvalue weighted by molar-refractivity contribution is 5.95. The summed E-state index contributed by atoms with van der Waals surface area (Å²) >= 11 is 0. The Balaban J connectivity index is 2.40. The molecule has 1 aromatic heterocycles. The zero-order valence-electron chi connectivity index (χ0n) is 11.3. The second-order valence-corrected chi connectivity index (χ2v) is 4.17. The summed E-state index contributed by atoms with van der Waals surface area (Å²) in [5.74, 6) is 0.493. The Morgan fingerprint density at radius 3 is 2.74 bits per heavy atom. The third kappa shape index (κ3) is 2.62. The van der Waals surface area contributed by atoms with Crippen molar-refractivity contribution in [3.63, 3.8) is 0 Å². The number of carbonyl (C=O) groups excluding carboxylic acids is 1. The number of nitrogens with one attached hydrogen (secondary N) is 1. The van der Waals surface area contributed by atoms with Crippen LogP contribution >= 0.6 is 0 Å². The fraction of sp³-hybridized carbons (Fsp3) is 0.267. The Hall–Kier alpha value is -2.23. The molecule has 19 heavy (non-hydrogen) atoms. The smallest absolute Gasteiger partial charge is 0.355 e. The molecule has 0 atom stereocenters. The summed E-state index contributed by atoms with van der Waals surface area (Å²) in [5.41, 5.74) is 3.30. The Labute approximate surface area is 112 Å². The van der Waals surface area contributed by atoms with Crippen molar-refractivity contribution in [2.75, 3.05) is 13.7 Å². The summed E-state index contributed by atoms with van der Waals surface area (Å²) in [5, 5.41) is 0. The van der Waals surface area contributed by atoms with Crippen molar-refractivity contribution in [1.82, 2.24) is 4.98 Å². The van der Waals surface area contributed by atoms with Gasteiger partial charge >= 0.3 is 5.97 Å². The van der Waals surface area contributed by atoms with Crippen LogP contribution in [-0.2, 0) is 4.74 Å². The summed E-state index contributed by atoms with van der Waals surface area (Å²) in [6.45, 7) is 4.12. The zero-order valence-corrected chi connectivity index (χ0v) is 11.3. The van der Waals surface area contributed by atoms with Crippen LogP contribution in [0.2, 0.25) is 0 Å². The molecule has 4 nitrogen and oxygen atoms in total. The number of H-pyrrole nitrogens is 1. The fourth-order valence-corrected chi connectivity index (χ4v) is 2.03. The number of ether oxygens (including phenoxy) is 2. The van der Waals surface area contributed by atoms with E-state index < -0.39 is 0 Å². The molecule has 0 fully saturated rings. The highest BCUT2D eigenvalue weighted by Crippen LogP contribution is 2.28. The molecule has 2 aromatic rings. The van der Waals surface area contributed by atoms with Crippen molar-refractivity contribution >= 4 is 5.97 Å². The molecular weight excluding hydrogens is 242 g/mol. The number of methoxy groups -OCH3 is 1. The molecule has 0 radical (unpaired) electrons. The van der Waals surface area contributed by atoms with Gasteiger partial charge in [0, 0.05) is 11.8 Å². The molecule has 1 N–H and O–H groups in total. The number of aromatic nitrogens is 1. The predicted molar refractivity (Wildman–Crippen MR) is 73.5 cm³/mol. The van der Waals surface area contributed by atoms with E-state index in [0.29, 0.717) is 12.3 Å². The molecule has 0 aliphatic heterocycles. The number of hydrogen-bond acceptors (Lipinski definition) is 3. The maximum atomic E-state index is 11.8. The predicted octanol–water partition coefficient (Wildman–Crippen LogP) is 3.18. The van der Waals surface area contributed by atoms with E-state index in [1.54, 1.807) is 20.2 Å². The minimum atomic E-state index is -0.337. The van der Waals surface area contributed by atoms with Gasteiger partial charge in [-0.05, 0) is 43.2 Å². The summed E-state index contributed by atoms with van der Waals surface area (Å²) in [7, 11) is 1.64. The van der Waals surface area contributed by atoms with Crippen molar-refractivity contribution < 1.29 is 14.3 Å². The maximum Gasteiger partial charge on any atom is 0.355 e. The Kier molecular flexibility index (Phi) is 3.90. The van der Waals surface area contributed by atoms with E-state index in [1.807, 2.05) is 31.2 Å². The van der Waals surface area contributed by atoms with E-state index in [4.69, 9.17) is 9.47 Å². The van der Waals surface area contributed by atoms with E-state index >= 15 is 0 Å². The van der Waals surface area contributed by atoms with Crippen molar-refractivity contribution in [2.24, 2.45) is 0 Å². The molecule has 0 amide bonds. The molecule has 0 bridgehead atoms. The van der Waals surface area contributed by atoms with Crippen LogP contribution in [0.25, 0.3) is 11.1 Å². The number of aryl methyl sites for hydroxylation is 1. The summed E-state index contributed by atoms with van der Waals surface area (Å²) in [6.07, 6.45) is 1.74. The highest BCUT2D eigenvalue weighted by atomic mass is 16.5. The van der Waals surface area contributed by atoms with Gasteiger partial charge in [-0.15, -0.1) is 0 Å². The first kappa shape index (κ1) is 13.2. The topological polar surface area (TPSA) is 51.3 Å². The minimum Gasteiger partial charge on any atom is -0.496 e. The fourth-order valence-electron chi connectivity index (χ4n) is 2.03. The normalized spacial score (nSPS) is 10.3. The van der Waals surface area contributed by atoms with Gasteiger partial charge in [-0.2, -0.15) is 0 Å². The van der Waals surface area contributed by atoms with Gasteiger partial charge in [0.2, 0.25) is 0 Å². The van der Waals surface area contributed by atoms with Crippen molar-refractivity contribution in [3.8, 4) is 16.9 Å². The van der Waals surface area contributed by atoms with Crippen LogP contribution in [0.15, 0.2) is 30.5 Å². The number of carbonyl (C=O) groups is 1. The van der Waals surface area contributed by atoms with Gasteiger partial charge in [-0.25, -0.2) is 4.79 Å². The first-order valence-electron chi connectivity index (χ1n) is 6.17. The monoisotopic (exact) mass is 259 g/mol. The van der Waals surface area contributed by atoms with Gasteiger partial charge < -0.3 is 14.5 Å². The van der Waals surface area contributed by atoms with Crippen LogP contribution in [0.5, 0.6) is 5.75 Å². The van der Waals surface area contributed by atoms with E-state index in [2.05, 4.69) is 4.98 Å². The Morgan fingerprint density at radius 2 is 2.11 bits per heavy atom. The van der Waals surface area contributed by atoms with E-state index in [1.165, 1.54) is 0 Å². The zero-order chi connectivity index (χ0) is 13.8. The molecule has 0 spiro atoms. The largest absolute Gasteiger partial charge is 0.496 e. The summed E-state index contributed by atoms with van der Waals surface area (Å²) < 4.78 is 10.3. The summed E-state index contributed by atoms with van der Waals surface area (Å²) in [4.78, 5) is 14.8. The quantitative estimate of drug-likeness (QED) is 0.858. The lowest BCUT2D eigenvalue weighted by Gasteiger charge is -2.08. The number of esters is 1. The van der Waals surface area contributed by atoms with E-state index in [-0.39, 0.29) is 5.97 Å². The van der Waals surface area contributed by atoms with Gasteiger partial charge in [0.05, 0.1) is 13.7 Å². The van der Waals surface area contributed by atoms with Crippen LogP contribution in [-0.4, -0.2) is 24.7 Å². The van der Waals surface area contributed by atoms with Gasteiger partial charge in [-0.1, -0.05) is 6.07 Å². The molecule has 1 aromatic carbocycles. The van der Waals surface area contributed by atoms with Crippen LogP contribution in [0, 0.1) is 6.92 Å². The van der Waals surface area contributed by atoms with E-state index in [0.717, 1.165) is 22.4 Å². The molecule has 2 rings (SSSR count). The molecule has 0 aliphatic carbocycles. The Morgan fingerprint density at radius 1 is 1.32 bits per heavy atom. The lowest BCUT2D eigenvalue weighted by molar-refractivity contribution is 0.0521.